The highest BCUT2D eigenvalue weighted by atomic mass is 16.6. The highest BCUT2D eigenvalue weighted by Gasteiger charge is 2.40. The lowest BCUT2D eigenvalue weighted by Crippen LogP contribution is -2.45. The van der Waals surface area contributed by atoms with Gasteiger partial charge in [0.25, 0.3) is 0 Å². The molecule has 2 unspecified atom stereocenters. The number of hydrogen-bond donors (Lipinski definition) is 2. The van der Waals surface area contributed by atoms with E-state index in [2.05, 4.69) is 6.92 Å². The van der Waals surface area contributed by atoms with Crippen LogP contribution in [0.5, 0.6) is 5.75 Å². The van der Waals surface area contributed by atoms with Crippen LogP contribution in [-0.2, 0) is 23.9 Å². The van der Waals surface area contributed by atoms with Gasteiger partial charge in [0.1, 0.15) is 5.75 Å². The summed E-state index contributed by atoms with van der Waals surface area (Å²) in [5.74, 6) is -4.88. The van der Waals surface area contributed by atoms with Gasteiger partial charge < -0.3 is 24.4 Å². The van der Waals surface area contributed by atoms with Gasteiger partial charge in [-0.15, -0.1) is 0 Å². The van der Waals surface area contributed by atoms with E-state index in [4.69, 9.17) is 14.2 Å². The molecule has 0 aromatic heterocycles. The van der Waals surface area contributed by atoms with Gasteiger partial charge in [-0.2, -0.15) is 0 Å². The molecule has 214 valence electrons. The molecule has 2 N–H and O–H groups in total. The molecule has 0 bridgehead atoms. The normalized spacial score (nSPS) is 12.4. The van der Waals surface area contributed by atoms with Gasteiger partial charge in [0.05, 0.1) is 12.7 Å². The minimum Gasteiger partial charge on any atom is -0.497 e. The highest BCUT2D eigenvalue weighted by Crippen LogP contribution is 2.17. The number of methoxy groups -OCH3 is 1. The van der Waals surface area contributed by atoms with Crippen molar-refractivity contribution in [2.75, 3.05) is 7.11 Å². The summed E-state index contributed by atoms with van der Waals surface area (Å²) >= 11 is 0. The summed E-state index contributed by atoms with van der Waals surface area (Å²) in [5, 5.41) is 18.9. The Morgan fingerprint density at radius 1 is 0.658 bits per heavy atom. The fraction of sp³-hybridized carbons (Fsp3) is 0.655. The lowest BCUT2D eigenvalue weighted by atomic mass is 10.0. The number of hydrogen-bond acceptors (Lipinski definition) is 7. The Morgan fingerprint density at radius 2 is 1.08 bits per heavy atom. The molecule has 9 nitrogen and oxygen atoms in total. The van der Waals surface area contributed by atoms with Gasteiger partial charge in [0.15, 0.2) is 0 Å². The fourth-order valence-electron chi connectivity index (χ4n) is 4.06. The van der Waals surface area contributed by atoms with E-state index >= 15 is 0 Å². The zero-order valence-electron chi connectivity index (χ0n) is 22.8. The molecular weight excluding hydrogens is 492 g/mol. The predicted molar refractivity (Wildman–Crippen MR) is 142 cm³/mol. The second-order valence-corrected chi connectivity index (χ2v) is 9.49. The smallest absolute Gasteiger partial charge is 0.349 e. The van der Waals surface area contributed by atoms with Crippen LogP contribution >= 0.6 is 0 Å². The molecular formula is C29H44O9. The van der Waals surface area contributed by atoms with Crippen molar-refractivity contribution in [2.45, 2.75) is 115 Å². The molecule has 9 heteroatoms. The fourth-order valence-corrected chi connectivity index (χ4v) is 4.06. The van der Waals surface area contributed by atoms with E-state index in [-0.39, 0.29) is 12.0 Å². The van der Waals surface area contributed by atoms with Gasteiger partial charge in [-0.1, -0.05) is 90.4 Å². The summed E-state index contributed by atoms with van der Waals surface area (Å²) < 4.78 is 14.8. The van der Waals surface area contributed by atoms with E-state index in [0.29, 0.717) is 12.2 Å². The van der Waals surface area contributed by atoms with Crippen LogP contribution in [0.2, 0.25) is 0 Å². The molecule has 0 aliphatic heterocycles. The van der Waals surface area contributed by atoms with Crippen molar-refractivity contribution in [3.8, 4) is 5.75 Å². The Kier molecular flexibility index (Phi) is 17.3. The minimum absolute atomic E-state index is 0.00470. The second-order valence-electron chi connectivity index (χ2n) is 9.49. The first-order valence-electron chi connectivity index (χ1n) is 13.8. The summed E-state index contributed by atoms with van der Waals surface area (Å²) in [7, 11) is 1.44. The molecule has 0 saturated heterocycles. The van der Waals surface area contributed by atoms with Gasteiger partial charge in [-0.3, -0.25) is 4.79 Å². The Balaban J connectivity index is 2.32. The van der Waals surface area contributed by atoms with Crippen molar-refractivity contribution in [2.24, 2.45) is 0 Å². The molecule has 1 aromatic rings. The molecule has 0 fully saturated rings. The first kappa shape index (κ1) is 32.9. The molecule has 38 heavy (non-hydrogen) atoms. The molecule has 0 radical (unpaired) electrons. The molecule has 0 aliphatic rings. The Hall–Kier alpha value is -3.10. The number of carbonyl (C=O) groups is 4. The summed E-state index contributed by atoms with van der Waals surface area (Å²) in [6, 6.07) is 5.63. The quantitative estimate of drug-likeness (QED) is 0.132. The zero-order chi connectivity index (χ0) is 28.2. The Labute approximate surface area is 225 Å². The van der Waals surface area contributed by atoms with Crippen molar-refractivity contribution < 1.29 is 43.6 Å². The highest BCUT2D eigenvalue weighted by molar-refractivity contribution is 5.93. The third kappa shape index (κ3) is 14.0. The number of aliphatic carboxylic acids is 2. The average molecular weight is 537 g/mol. The lowest BCUT2D eigenvalue weighted by Gasteiger charge is -2.21. The van der Waals surface area contributed by atoms with Crippen molar-refractivity contribution in [1.29, 1.82) is 0 Å². The van der Waals surface area contributed by atoms with Crippen molar-refractivity contribution >= 4 is 23.9 Å². The topological polar surface area (TPSA) is 136 Å². The van der Waals surface area contributed by atoms with Gasteiger partial charge in [0.2, 0.25) is 12.2 Å². The number of carbonyl (C=O) groups excluding carboxylic acids is 2. The van der Waals surface area contributed by atoms with Crippen LogP contribution in [0.15, 0.2) is 24.3 Å². The minimum atomic E-state index is -2.19. The largest absolute Gasteiger partial charge is 0.497 e. The number of benzene rings is 1. The van der Waals surface area contributed by atoms with Crippen LogP contribution < -0.4 is 4.74 Å². The van der Waals surface area contributed by atoms with Crippen LogP contribution in [0.25, 0.3) is 0 Å². The summed E-state index contributed by atoms with van der Waals surface area (Å²) in [6.45, 7) is 2.23. The second kappa shape index (κ2) is 19.9. The molecule has 2 atom stereocenters. The maximum Gasteiger partial charge on any atom is 0.349 e. The van der Waals surface area contributed by atoms with E-state index in [1.54, 1.807) is 0 Å². The maximum atomic E-state index is 12.3. The van der Waals surface area contributed by atoms with E-state index < -0.39 is 36.1 Å². The number of esters is 2. The molecule has 0 spiro atoms. The van der Waals surface area contributed by atoms with Crippen LogP contribution in [0.1, 0.15) is 114 Å². The van der Waals surface area contributed by atoms with E-state index in [1.807, 2.05) is 0 Å². The molecule has 1 aromatic carbocycles. The van der Waals surface area contributed by atoms with Gasteiger partial charge >= 0.3 is 23.9 Å². The first-order chi connectivity index (χ1) is 18.3. The summed E-state index contributed by atoms with van der Waals surface area (Å²) in [5.41, 5.74) is -0.00470. The van der Waals surface area contributed by atoms with Crippen LogP contribution in [-0.4, -0.2) is 53.4 Å². The lowest BCUT2D eigenvalue weighted by molar-refractivity contribution is -0.179. The summed E-state index contributed by atoms with van der Waals surface area (Å²) in [6.07, 6.45) is 11.8. The number of unbranched alkanes of at least 4 members (excludes halogenated alkanes) is 13. The zero-order valence-corrected chi connectivity index (χ0v) is 22.8. The third-order valence-electron chi connectivity index (χ3n) is 6.31. The van der Waals surface area contributed by atoms with Crippen LogP contribution in [0.4, 0.5) is 0 Å². The summed E-state index contributed by atoms with van der Waals surface area (Å²) in [4.78, 5) is 47.8. The van der Waals surface area contributed by atoms with Gasteiger partial charge in [0, 0.05) is 6.42 Å². The number of carboxylic acid groups (broad SMARTS) is 2. The first-order valence-corrected chi connectivity index (χ1v) is 13.8. The van der Waals surface area contributed by atoms with E-state index in [9.17, 15) is 29.4 Å². The Morgan fingerprint density at radius 3 is 1.50 bits per heavy atom. The third-order valence-corrected chi connectivity index (χ3v) is 6.31. The average Bonchev–Trinajstić information content (AvgIpc) is 2.90. The number of carboxylic acids is 2. The van der Waals surface area contributed by atoms with Crippen LogP contribution in [0, 0.1) is 0 Å². The predicted octanol–water partition coefficient (Wildman–Crippen LogP) is 6.17. The standard InChI is InChI=1S/C29H44O9/c1-3-4-5-6-7-8-9-10-11-12-13-14-15-16-17-24(30)37-25(27(31)32)26(28(33)34)38-29(35)22-18-20-23(36-2)21-19-22/h18-21,25-26H,3-17H2,1-2H3,(H,31,32)(H,33,34). The SMILES string of the molecule is CCCCCCCCCCCCCCCCC(=O)OC(C(=O)O)C(OC(=O)c1ccc(OC)cc1)C(=O)O. The molecule has 0 aliphatic carbocycles. The van der Waals surface area contributed by atoms with Crippen molar-refractivity contribution in [3.63, 3.8) is 0 Å². The number of ether oxygens (including phenoxy) is 3. The van der Waals surface area contributed by atoms with Gasteiger partial charge in [-0.05, 0) is 30.7 Å². The maximum absolute atomic E-state index is 12.3. The van der Waals surface area contributed by atoms with Crippen molar-refractivity contribution in [3.05, 3.63) is 29.8 Å². The van der Waals surface area contributed by atoms with Crippen molar-refractivity contribution in [1.82, 2.24) is 0 Å². The number of rotatable bonds is 22. The molecule has 1 rings (SSSR count). The van der Waals surface area contributed by atoms with Crippen LogP contribution in [0.3, 0.4) is 0 Å². The van der Waals surface area contributed by atoms with E-state index in [1.165, 1.54) is 89.2 Å². The molecule has 0 amide bonds. The van der Waals surface area contributed by atoms with Gasteiger partial charge in [-0.25, -0.2) is 14.4 Å². The molecule has 0 saturated carbocycles. The Bertz CT molecular complexity index is 835. The molecule has 0 heterocycles. The monoisotopic (exact) mass is 536 g/mol. The van der Waals surface area contributed by atoms with E-state index in [0.717, 1.165) is 25.7 Å².